The van der Waals surface area contributed by atoms with Crippen LogP contribution in [0.25, 0.3) is 0 Å². The van der Waals surface area contributed by atoms with Crippen LogP contribution in [0.4, 0.5) is 0 Å². The first-order valence-corrected chi connectivity index (χ1v) is 5.80. The first kappa shape index (κ1) is 12.3. The highest BCUT2D eigenvalue weighted by Gasteiger charge is 1.92. The highest BCUT2D eigenvalue weighted by atomic mass is 79.9. The largest absolute Gasteiger partial charge is 0.494 e. The van der Waals surface area contributed by atoms with E-state index < -0.39 is 0 Å². The summed E-state index contributed by atoms with van der Waals surface area (Å²) in [5.74, 6) is 0.933. The van der Waals surface area contributed by atoms with Crippen molar-refractivity contribution in [3.05, 3.63) is 41.4 Å². The molecule has 0 aliphatic heterocycles. The van der Waals surface area contributed by atoms with Gasteiger partial charge in [0.05, 0.1) is 6.61 Å². The lowest BCUT2D eigenvalue weighted by Crippen LogP contribution is -2.18. The minimum Gasteiger partial charge on any atom is -0.494 e. The molecular formula is C12H16BrNO. The third kappa shape index (κ3) is 6.31. The van der Waals surface area contributed by atoms with Gasteiger partial charge in [0, 0.05) is 11.0 Å². The van der Waals surface area contributed by atoms with Crippen molar-refractivity contribution in [2.75, 3.05) is 19.7 Å². The third-order valence-electron chi connectivity index (χ3n) is 1.83. The number of halogens is 1. The molecule has 3 heteroatoms. The van der Waals surface area contributed by atoms with Crippen molar-refractivity contribution in [3.8, 4) is 5.75 Å². The van der Waals surface area contributed by atoms with Crippen LogP contribution in [0.15, 0.2) is 41.4 Å². The maximum Gasteiger partial charge on any atom is 0.119 e. The Morgan fingerprint density at radius 3 is 2.73 bits per heavy atom. The summed E-state index contributed by atoms with van der Waals surface area (Å²) in [6.45, 7) is 6.24. The summed E-state index contributed by atoms with van der Waals surface area (Å²) in [6.07, 6.45) is 0.995. The highest BCUT2D eigenvalue weighted by molar-refractivity contribution is 9.11. The van der Waals surface area contributed by atoms with Crippen LogP contribution in [-0.4, -0.2) is 19.7 Å². The second-order valence-electron chi connectivity index (χ2n) is 3.21. The van der Waals surface area contributed by atoms with Crippen LogP contribution in [0.3, 0.4) is 0 Å². The van der Waals surface area contributed by atoms with Gasteiger partial charge in [-0.05, 0) is 25.1 Å². The average molecular weight is 270 g/mol. The number of benzene rings is 1. The van der Waals surface area contributed by atoms with Gasteiger partial charge < -0.3 is 10.1 Å². The van der Waals surface area contributed by atoms with Crippen LogP contribution in [-0.2, 0) is 0 Å². The average Bonchev–Trinajstić information content (AvgIpc) is 2.24. The lowest BCUT2D eigenvalue weighted by Gasteiger charge is -2.06. The first-order chi connectivity index (χ1) is 7.29. The second kappa shape index (κ2) is 7.49. The fourth-order valence-corrected chi connectivity index (χ4v) is 1.33. The lowest BCUT2D eigenvalue weighted by molar-refractivity contribution is 0.309. The maximum absolute atomic E-state index is 5.54. The van der Waals surface area contributed by atoms with Crippen molar-refractivity contribution >= 4 is 15.9 Å². The van der Waals surface area contributed by atoms with Gasteiger partial charge in [-0.15, -0.1) is 0 Å². The smallest absolute Gasteiger partial charge is 0.119 e. The van der Waals surface area contributed by atoms with Crippen molar-refractivity contribution in [2.45, 2.75) is 6.42 Å². The van der Waals surface area contributed by atoms with E-state index in [0.29, 0.717) is 0 Å². The van der Waals surface area contributed by atoms with Gasteiger partial charge in [-0.3, -0.25) is 0 Å². The van der Waals surface area contributed by atoms with E-state index in [1.165, 1.54) is 0 Å². The molecule has 82 valence electrons. The molecule has 0 atom stereocenters. The summed E-state index contributed by atoms with van der Waals surface area (Å²) in [7, 11) is 0. The molecule has 15 heavy (non-hydrogen) atoms. The Bertz CT molecular complexity index is 287. The molecule has 2 nitrogen and oxygen atoms in total. The van der Waals surface area contributed by atoms with Crippen molar-refractivity contribution < 1.29 is 4.74 Å². The molecule has 0 aliphatic rings. The van der Waals surface area contributed by atoms with Crippen molar-refractivity contribution in [2.24, 2.45) is 0 Å². The van der Waals surface area contributed by atoms with Gasteiger partial charge in [0.25, 0.3) is 0 Å². The van der Waals surface area contributed by atoms with E-state index in [9.17, 15) is 0 Å². The van der Waals surface area contributed by atoms with Gasteiger partial charge >= 0.3 is 0 Å². The molecule has 0 radical (unpaired) electrons. The van der Waals surface area contributed by atoms with Crippen LogP contribution in [0.2, 0.25) is 0 Å². The minimum absolute atomic E-state index is 0.742. The van der Waals surface area contributed by atoms with E-state index in [1.54, 1.807) is 0 Å². The van der Waals surface area contributed by atoms with Crippen LogP contribution < -0.4 is 10.1 Å². The molecule has 0 spiro atoms. The molecule has 0 aromatic heterocycles. The highest BCUT2D eigenvalue weighted by Crippen LogP contribution is 2.08. The van der Waals surface area contributed by atoms with Crippen LogP contribution >= 0.6 is 15.9 Å². The number of para-hydroxylation sites is 1. The Morgan fingerprint density at radius 1 is 1.33 bits per heavy atom. The standard InChI is InChI=1S/C12H16BrNO/c1-11(13)10-14-8-5-9-15-12-6-3-2-4-7-12/h2-4,6-7,14H,1,5,8-10H2. The maximum atomic E-state index is 5.54. The van der Waals surface area contributed by atoms with E-state index in [4.69, 9.17) is 4.74 Å². The molecule has 0 amide bonds. The van der Waals surface area contributed by atoms with E-state index in [1.807, 2.05) is 30.3 Å². The normalized spacial score (nSPS) is 9.93. The van der Waals surface area contributed by atoms with Crippen LogP contribution in [0, 0.1) is 0 Å². The molecule has 0 heterocycles. The predicted molar refractivity (Wildman–Crippen MR) is 67.5 cm³/mol. The molecular weight excluding hydrogens is 254 g/mol. The van der Waals surface area contributed by atoms with Crippen LogP contribution in [0.5, 0.6) is 5.75 Å². The number of ether oxygens (including phenoxy) is 1. The minimum atomic E-state index is 0.742. The van der Waals surface area contributed by atoms with Crippen molar-refractivity contribution in [1.29, 1.82) is 0 Å². The molecule has 0 unspecified atom stereocenters. The zero-order valence-electron chi connectivity index (χ0n) is 8.71. The Balaban J connectivity index is 2.00. The topological polar surface area (TPSA) is 21.3 Å². The summed E-state index contributed by atoms with van der Waals surface area (Å²) in [5, 5.41) is 3.24. The lowest BCUT2D eigenvalue weighted by atomic mass is 10.3. The summed E-state index contributed by atoms with van der Waals surface area (Å²) in [4.78, 5) is 0. The van der Waals surface area contributed by atoms with Gasteiger partial charge in [0.2, 0.25) is 0 Å². The Morgan fingerprint density at radius 2 is 2.07 bits per heavy atom. The SMILES string of the molecule is C=C(Br)CNCCCOc1ccccc1. The zero-order chi connectivity index (χ0) is 10.9. The quantitative estimate of drug-likeness (QED) is 0.769. The van der Waals surface area contributed by atoms with E-state index >= 15 is 0 Å². The van der Waals surface area contributed by atoms with Gasteiger partial charge in [-0.1, -0.05) is 40.7 Å². The van der Waals surface area contributed by atoms with E-state index in [0.717, 1.165) is 36.3 Å². The summed E-state index contributed by atoms with van der Waals surface area (Å²) in [5.41, 5.74) is 0. The number of nitrogens with one attached hydrogen (secondary N) is 1. The van der Waals surface area contributed by atoms with Crippen molar-refractivity contribution in [1.82, 2.24) is 5.32 Å². The molecule has 1 N–H and O–H groups in total. The fourth-order valence-electron chi connectivity index (χ4n) is 1.13. The summed E-state index contributed by atoms with van der Waals surface area (Å²) >= 11 is 3.29. The van der Waals surface area contributed by atoms with E-state index in [-0.39, 0.29) is 0 Å². The van der Waals surface area contributed by atoms with E-state index in [2.05, 4.69) is 27.8 Å². The molecule has 0 aliphatic carbocycles. The molecule has 0 saturated carbocycles. The summed E-state index contributed by atoms with van der Waals surface area (Å²) < 4.78 is 6.52. The molecule has 0 bridgehead atoms. The van der Waals surface area contributed by atoms with Gasteiger partial charge in [0.1, 0.15) is 5.75 Å². The zero-order valence-corrected chi connectivity index (χ0v) is 10.3. The number of rotatable bonds is 7. The Labute approximate surface area is 99.5 Å². The molecule has 1 rings (SSSR count). The third-order valence-corrected chi connectivity index (χ3v) is 2.11. The Hall–Kier alpha value is -0.800. The van der Waals surface area contributed by atoms with Crippen molar-refractivity contribution in [3.63, 3.8) is 0 Å². The monoisotopic (exact) mass is 269 g/mol. The molecule has 1 aromatic rings. The molecule has 1 aromatic carbocycles. The molecule has 0 saturated heterocycles. The fraction of sp³-hybridized carbons (Fsp3) is 0.333. The summed E-state index contributed by atoms with van der Waals surface area (Å²) in [6, 6.07) is 9.86. The predicted octanol–water partition coefficient (Wildman–Crippen LogP) is 2.95. The number of hydrogen-bond donors (Lipinski definition) is 1. The first-order valence-electron chi connectivity index (χ1n) is 5.01. The number of hydrogen-bond acceptors (Lipinski definition) is 2. The van der Waals surface area contributed by atoms with Crippen LogP contribution in [0.1, 0.15) is 6.42 Å². The van der Waals surface area contributed by atoms with Gasteiger partial charge in [0.15, 0.2) is 0 Å². The van der Waals surface area contributed by atoms with Gasteiger partial charge in [-0.2, -0.15) is 0 Å². The van der Waals surface area contributed by atoms with Gasteiger partial charge in [-0.25, -0.2) is 0 Å². The second-order valence-corrected chi connectivity index (χ2v) is 4.33. The molecule has 0 fully saturated rings. The Kier molecular flexibility index (Phi) is 6.12.